The number of hydrogen-bond acceptors (Lipinski definition) is 35. The molecule has 0 amide bonds. The highest BCUT2D eigenvalue weighted by atomic mass is 32.1. The molecule has 7 fully saturated rings. The van der Waals surface area contributed by atoms with Gasteiger partial charge in [-0.3, -0.25) is 32.7 Å². The molecule has 4 aromatic heterocycles. The lowest BCUT2D eigenvalue weighted by molar-refractivity contribution is -0.117. The Balaban J connectivity index is 0.000000274. The van der Waals surface area contributed by atoms with E-state index >= 15 is 0 Å². The van der Waals surface area contributed by atoms with Crippen LogP contribution in [0.5, 0.6) is 5.75 Å². The Kier molecular flexibility index (Phi) is 47.3. The van der Waals surface area contributed by atoms with Gasteiger partial charge in [-0.15, -0.1) is 0 Å². The topological polar surface area (TPSA) is 511 Å². The molecule has 0 bridgehead atoms. The molecule has 797 valence electrons. The number of aliphatic hydroxyl groups is 3. The first-order valence-electron chi connectivity index (χ1n) is 50.4. The molecule has 7 aliphatic rings. The fourth-order valence-electron chi connectivity index (χ4n) is 20.1. The van der Waals surface area contributed by atoms with Crippen LogP contribution >= 0.6 is 12.2 Å². The first-order chi connectivity index (χ1) is 70.2. The van der Waals surface area contributed by atoms with Crippen LogP contribution in [0.4, 0.5) is 5.82 Å². The van der Waals surface area contributed by atoms with E-state index in [0.717, 1.165) is 27.0 Å². The minimum Gasteiger partial charge on any atom is -0.427 e. The molecule has 2 aromatic carbocycles. The van der Waals surface area contributed by atoms with Gasteiger partial charge in [0.05, 0.1) is 61.8 Å². The van der Waals surface area contributed by atoms with Crippen molar-refractivity contribution in [2.24, 2.45) is 11.8 Å². The molecule has 7 saturated heterocycles. The number of aromatic nitrogens is 8. The number of rotatable bonds is 25. The zero-order valence-electron chi connectivity index (χ0n) is 91.0. The Morgan fingerprint density at radius 3 is 1.21 bits per heavy atom. The standard InChI is InChI=1S/C36H47N3O8SSi2.C25H41N3O7Si2.C25H41N3O6Si2.C10H12N4O4.B4.B3.B2/c1-22(2)49(23(3)4)42-20-31-32(46-50(47-49,24(5)6)25(7)8)36(21-37,33(44-31)39-17-16-29(18-26(9)40)38-34(39)41)45-35(48)43-30-15-14-27-12-10-11-13-28(27)19-30;1-15(2)36(16(3)4)32-13-21-22(34-37(35-36,17(5)6)18(7)8)25(31,14-26)23(33-21)28-11-10-20(12-19(9)29)27-24(28)30;1-15(2)35(16(3)4)31-14-22-23(33-36(34-35,17(5)6)18(7)8)21(13-26)24(32-22)28-11-10-20(12-19(9)29)27-25(28)30;11-3-5-8(16)6(4-15)18-9(5)14-2-1-7(12)13-10(14)17;1-4(2)3;1-3-2;1-2/h10-17,19,22-25,31-33H,18,20H2,1-9H3;10-11,15-18,21-23,31H,12-13H2,1-9H3;10-11,15-18,21-24H,12,14H2,1-9H3;1-2,5-6,8-9,15-16H,4H2,(H2,12,13,17);;;/t31-,32-,33-,36?;21-,22-,23-,25?;21-,22+,23-,24+;5-,6+,8-,9+;;;/m1100.../s1. The highest BCUT2D eigenvalue weighted by molar-refractivity contribution is 7.79. The summed E-state index contributed by atoms with van der Waals surface area (Å²) in [6.07, 6.45) is -6.53. The van der Waals surface area contributed by atoms with Crippen LogP contribution in [0, 0.1) is 57.2 Å². The maximum absolute atomic E-state index is 13.6. The summed E-state index contributed by atoms with van der Waals surface area (Å²) in [5, 5.41) is 72.8. The fraction of sp³-hybridized carbons (Fsp3) is 0.646. The van der Waals surface area contributed by atoms with Crippen LogP contribution in [0.25, 0.3) is 10.8 Å². The van der Waals surface area contributed by atoms with Crippen LogP contribution in [0.2, 0.25) is 66.5 Å². The number of ether oxygens (including phenoxy) is 6. The molecule has 15 radical (unpaired) electrons. The molecule has 13 rings (SSSR count). The van der Waals surface area contributed by atoms with E-state index in [-0.39, 0.29) is 134 Å². The highest BCUT2D eigenvalue weighted by Crippen LogP contribution is 2.56. The van der Waals surface area contributed by atoms with Crippen LogP contribution < -0.4 is 33.2 Å². The summed E-state index contributed by atoms with van der Waals surface area (Å²) in [6.45, 7) is 54.6. The zero-order chi connectivity index (χ0) is 113. The summed E-state index contributed by atoms with van der Waals surface area (Å²) in [7, 11) is 14.1. The van der Waals surface area contributed by atoms with Crippen molar-refractivity contribution in [2.45, 2.75) is 358 Å². The molecule has 0 saturated carbocycles. The van der Waals surface area contributed by atoms with Crippen LogP contribution in [0.3, 0.4) is 0 Å². The van der Waals surface area contributed by atoms with Crippen LogP contribution in [-0.2, 0) is 96.2 Å². The Labute approximate surface area is 902 Å². The minimum absolute atomic E-state index is 0.0116. The van der Waals surface area contributed by atoms with Gasteiger partial charge in [-0.1, -0.05) is 197 Å². The van der Waals surface area contributed by atoms with Gasteiger partial charge in [0.25, 0.3) is 5.60 Å². The van der Waals surface area contributed by atoms with Crippen LogP contribution in [0.15, 0.2) is 111 Å². The number of benzene rings is 2. The number of carbonyl (C=O) groups is 3. The van der Waals surface area contributed by atoms with Crippen molar-refractivity contribution in [3.05, 3.63) is 151 Å². The number of fused-ring (bicyclic) bond motifs is 4. The normalized spacial score (nSPS) is 26.0. The van der Waals surface area contributed by atoms with Gasteiger partial charge < -0.3 is 88.4 Å². The molecule has 11 heterocycles. The van der Waals surface area contributed by atoms with Crippen molar-refractivity contribution in [1.29, 1.82) is 21.0 Å². The molecule has 54 heteroatoms. The fourth-order valence-corrected chi connectivity index (χ4v) is 54.0. The molecule has 0 aliphatic carbocycles. The number of anilines is 1. The molecule has 6 aromatic rings. The van der Waals surface area contributed by atoms with Crippen molar-refractivity contribution < 1.29 is 97.0 Å². The maximum atomic E-state index is 13.6. The van der Waals surface area contributed by atoms with Crippen molar-refractivity contribution in [1.82, 2.24) is 38.2 Å². The van der Waals surface area contributed by atoms with Crippen molar-refractivity contribution in [3.8, 4) is 30.0 Å². The SMILES string of the molecule is CC(=O)Cc1ccn([C@@H]2O[C@@H]3CO[Si](C(C)C)(C(C)C)O[Si](C(C)C)(C(C)C)O[C@H]3C2(C#N)OC(=S)Oc2ccc3ccccc3c2)c(=O)n1.CC(=O)Cc1ccn([C@@H]2O[C@@H]3CO[Si](C(C)C)(C(C)C)O[Si](C(C)C)(C(C)C)O[C@H]3C2(O)C#N)c(=O)n1.CC(=O)Cc1ccn([C@@H]2O[C@@H]3CO[Si](C(C)C)(C(C)C)O[Si](C(C)C)(C(C)C)O[C@H]3[C@@H]2C#N)c(=O)n1.N#C[C@H]1[C@H](O)[C@@H](CO)O[C@H]1n1ccc(N)nc1=O.[B]B([B])[B].[B][B].[B][B][B]. The Morgan fingerprint density at radius 2 is 0.840 bits per heavy atom. The second-order valence-corrected chi connectivity index (χ2v) is 68.7. The molecule has 38 nitrogen and oxygen atoms in total. The summed E-state index contributed by atoms with van der Waals surface area (Å²) in [6, 6.07) is 27.9. The predicted molar refractivity (Wildman–Crippen MR) is 589 cm³/mol. The second-order valence-electron chi connectivity index (χ2n) is 41.8. The lowest BCUT2D eigenvalue weighted by Gasteiger charge is -2.51. The lowest BCUT2D eigenvalue weighted by atomic mass is 9.08. The predicted octanol–water partition coefficient (Wildman–Crippen LogP) is 9.67. The largest absolute Gasteiger partial charge is 0.427 e. The number of aliphatic hydroxyl groups excluding tert-OH is 2. The van der Waals surface area contributed by atoms with E-state index in [1.54, 1.807) is 24.4 Å². The van der Waals surface area contributed by atoms with Gasteiger partial charge in [-0.2, -0.15) is 41.0 Å². The number of Topliss-reactive ketones (excluding diaryl/α,β-unsaturated/α-hetero) is 3. The van der Waals surface area contributed by atoms with Gasteiger partial charge in [-0.25, -0.2) is 19.2 Å². The van der Waals surface area contributed by atoms with Crippen molar-refractivity contribution >= 4 is 170 Å². The van der Waals surface area contributed by atoms with E-state index < -0.39 is 184 Å². The Bertz CT molecular complexity index is 5950. The molecular weight excluding hydrogens is 2030 g/mol. The molecule has 7 aliphatic heterocycles. The van der Waals surface area contributed by atoms with Gasteiger partial charge in [0.15, 0.2) is 24.9 Å². The monoisotopic (exact) mass is 2170 g/mol. The van der Waals surface area contributed by atoms with E-state index in [2.05, 4.69) is 225 Å². The number of carbonyl (C=O) groups excluding carboxylic acids is 3. The van der Waals surface area contributed by atoms with E-state index in [9.17, 15) is 59.6 Å². The third kappa shape index (κ3) is 28.5. The third-order valence-corrected chi connectivity index (χ3v) is 58.3. The van der Waals surface area contributed by atoms with Crippen molar-refractivity contribution in [3.63, 3.8) is 0 Å². The second kappa shape index (κ2) is 55.0. The first-order valence-corrected chi connectivity index (χ1v) is 62.6. The molecule has 150 heavy (non-hydrogen) atoms. The zero-order valence-corrected chi connectivity index (χ0v) is 97.8. The average molecular weight is 2180 g/mol. The molecule has 16 atom stereocenters. The highest BCUT2D eigenvalue weighted by Gasteiger charge is 2.71. The number of nitriles is 4. The third-order valence-electron chi connectivity index (χ3n) is 27.4. The summed E-state index contributed by atoms with van der Waals surface area (Å²) in [5.74, 6) is -1.60. The van der Waals surface area contributed by atoms with E-state index in [1.165, 1.54) is 60.6 Å². The molecule has 0 spiro atoms. The molecule has 2 unspecified atom stereocenters. The quantitative estimate of drug-likeness (QED) is 0.0235. The smallest absolute Gasteiger partial charge is 0.359 e. The average Bonchev–Trinajstić information content (AvgIpc) is 1.56. The first kappa shape index (κ1) is 129. The van der Waals surface area contributed by atoms with E-state index in [1.807, 2.05) is 76.2 Å². The number of hydrogen-bond donors (Lipinski definition) is 4. The number of thiocarbonyl (C=S) groups is 1. The number of nitrogens with zero attached hydrogens (tertiary/aromatic N) is 12. The summed E-state index contributed by atoms with van der Waals surface area (Å²) in [4.78, 5) is 102. The molecular formula is C96H141B9N13O25SSi6. The maximum Gasteiger partial charge on any atom is 0.359 e. The van der Waals surface area contributed by atoms with Gasteiger partial charge in [0.1, 0.15) is 95.6 Å². The lowest BCUT2D eigenvalue weighted by Crippen LogP contribution is -2.67. The van der Waals surface area contributed by atoms with Crippen LogP contribution in [0.1, 0.15) is 229 Å². The van der Waals surface area contributed by atoms with Crippen LogP contribution in [-0.4, -0.2) is 282 Å². The van der Waals surface area contributed by atoms with Gasteiger partial charge in [-0.05, 0) is 134 Å². The van der Waals surface area contributed by atoms with Crippen molar-refractivity contribution in [2.75, 3.05) is 32.2 Å². The number of ketones is 3. The minimum atomic E-state index is -3.30. The summed E-state index contributed by atoms with van der Waals surface area (Å²) < 4.78 is 105. The van der Waals surface area contributed by atoms with E-state index in [0.29, 0.717) is 22.8 Å². The number of nitrogen functional groups attached to an aromatic ring is 1. The molecule has 5 N–H and O–H groups in total. The van der Waals surface area contributed by atoms with E-state index in [4.69, 9.17) is 95.6 Å². The van der Waals surface area contributed by atoms with Gasteiger partial charge in [0.2, 0.25) is 5.60 Å². The van der Waals surface area contributed by atoms with Gasteiger partial charge in [0, 0.05) is 124 Å². The van der Waals surface area contributed by atoms with Gasteiger partial charge >= 0.3 is 79.4 Å². The Morgan fingerprint density at radius 1 is 0.493 bits per heavy atom. The summed E-state index contributed by atoms with van der Waals surface area (Å²) >= 11 is 5.67. The Hall–Kier alpha value is -8.07. The summed E-state index contributed by atoms with van der Waals surface area (Å²) in [5.41, 5.74) is 0.211. The number of nitrogens with two attached hydrogens (primary N) is 1.